The molecule has 4 heteroatoms. The third kappa shape index (κ3) is 3.92. The number of nitrogens with two attached hydrogens (primary N) is 1. The molecule has 3 N–H and O–H groups in total. The number of hydrogen-bond donors (Lipinski definition) is 2. The molecule has 0 radical (unpaired) electrons. The molecule has 0 aliphatic carbocycles. The van der Waals surface area contributed by atoms with Crippen LogP contribution in [-0.4, -0.2) is 9.78 Å². The number of aromatic nitrogens is 2. The van der Waals surface area contributed by atoms with E-state index in [0.29, 0.717) is 0 Å². The average Bonchev–Trinajstić information content (AvgIpc) is 2.98. The van der Waals surface area contributed by atoms with Gasteiger partial charge in [0, 0.05) is 17.8 Å². The zero-order chi connectivity index (χ0) is 14.2. The van der Waals surface area contributed by atoms with Crippen LogP contribution in [0.25, 0.3) is 5.69 Å². The summed E-state index contributed by atoms with van der Waals surface area (Å²) in [6.07, 6.45) is 10.0. The Balaban J connectivity index is 1.99. The molecule has 4 nitrogen and oxygen atoms in total. The molecule has 0 aliphatic heterocycles. The second-order valence-electron chi connectivity index (χ2n) is 5.12. The van der Waals surface area contributed by atoms with Crippen molar-refractivity contribution < 1.29 is 0 Å². The lowest BCUT2D eigenvalue weighted by atomic mass is 10.0. The highest BCUT2D eigenvalue weighted by Crippen LogP contribution is 2.20. The molecule has 0 amide bonds. The standard InChI is InChI=1S/C16H24N4/c1-2-3-4-8-11-16(19-17)14-12-18-20(13-14)15-9-6-5-7-10-15/h5-7,9-10,12-13,16,19H,2-4,8,11,17H2,1H3. The molecule has 0 saturated heterocycles. The molecule has 2 aromatic rings. The fourth-order valence-corrected chi connectivity index (χ4v) is 2.36. The number of rotatable bonds is 8. The van der Waals surface area contributed by atoms with Gasteiger partial charge in [-0.1, -0.05) is 50.8 Å². The Morgan fingerprint density at radius 1 is 1.20 bits per heavy atom. The number of hydrazine groups is 1. The van der Waals surface area contributed by atoms with Crippen molar-refractivity contribution >= 4 is 0 Å². The number of nitrogens with one attached hydrogen (secondary N) is 1. The summed E-state index contributed by atoms with van der Waals surface area (Å²) in [5.41, 5.74) is 5.12. The topological polar surface area (TPSA) is 55.9 Å². The fraction of sp³-hybridized carbons (Fsp3) is 0.438. The fourth-order valence-electron chi connectivity index (χ4n) is 2.36. The van der Waals surface area contributed by atoms with Gasteiger partial charge >= 0.3 is 0 Å². The molecule has 20 heavy (non-hydrogen) atoms. The second-order valence-corrected chi connectivity index (χ2v) is 5.12. The Morgan fingerprint density at radius 3 is 2.70 bits per heavy atom. The van der Waals surface area contributed by atoms with Crippen LogP contribution >= 0.6 is 0 Å². The van der Waals surface area contributed by atoms with E-state index in [4.69, 9.17) is 5.84 Å². The van der Waals surface area contributed by atoms with Crippen LogP contribution in [0.2, 0.25) is 0 Å². The summed E-state index contributed by atoms with van der Waals surface area (Å²) in [4.78, 5) is 0. The molecule has 2 rings (SSSR count). The first-order chi connectivity index (χ1) is 9.85. The predicted molar refractivity (Wildman–Crippen MR) is 82.4 cm³/mol. The van der Waals surface area contributed by atoms with E-state index in [-0.39, 0.29) is 6.04 Å². The Labute approximate surface area is 121 Å². The van der Waals surface area contributed by atoms with Crippen molar-refractivity contribution in [1.82, 2.24) is 15.2 Å². The number of benzene rings is 1. The summed E-state index contributed by atoms with van der Waals surface area (Å²) < 4.78 is 1.89. The van der Waals surface area contributed by atoms with Gasteiger partial charge in [-0.25, -0.2) is 4.68 Å². The molecule has 0 bridgehead atoms. The summed E-state index contributed by atoms with van der Waals surface area (Å²) >= 11 is 0. The van der Waals surface area contributed by atoms with Crippen LogP contribution in [0.15, 0.2) is 42.7 Å². The van der Waals surface area contributed by atoms with Gasteiger partial charge in [0.2, 0.25) is 0 Å². The van der Waals surface area contributed by atoms with Gasteiger partial charge in [0.1, 0.15) is 0 Å². The molecule has 1 atom stereocenters. The van der Waals surface area contributed by atoms with Gasteiger partial charge < -0.3 is 0 Å². The number of para-hydroxylation sites is 1. The third-order valence-corrected chi connectivity index (χ3v) is 3.57. The van der Waals surface area contributed by atoms with E-state index in [2.05, 4.69) is 23.6 Å². The van der Waals surface area contributed by atoms with E-state index in [1.165, 1.54) is 25.7 Å². The lowest BCUT2D eigenvalue weighted by molar-refractivity contribution is 0.482. The highest BCUT2D eigenvalue weighted by atomic mass is 15.3. The zero-order valence-corrected chi connectivity index (χ0v) is 12.1. The molecular formula is C16H24N4. The van der Waals surface area contributed by atoms with Crippen molar-refractivity contribution in [3.05, 3.63) is 48.3 Å². The number of nitrogens with zero attached hydrogens (tertiary/aromatic N) is 2. The van der Waals surface area contributed by atoms with Crippen LogP contribution in [0.4, 0.5) is 0 Å². The predicted octanol–water partition coefficient (Wildman–Crippen LogP) is 3.35. The highest BCUT2D eigenvalue weighted by molar-refractivity contribution is 5.31. The van der Waals surface area contributed by atoms with Crippen LogP contribution in [-0.2, 0) is 0 Å². The van der Waals surface area contributed by atoms with Crippen molar-refractivity contribution in [2.24, 2.45) is 5.84 Å². The zero-order valence-electron chi connectivity index (χ0n) is 12.1. The van der Waals surface area contributed by atoms with E-state index in [0.717, 1.165) is 17.7 Å². The number of hydrogen-bond acceptors (Lipinski definition) is 3. The van der Waals surface area contributed by atoms with Crippen molar-refractivity contribution in [3.8, 4) is 5.69 Å². The summed E-state index contributed by atoms with van der Waals surface area (Å²) in [5, 5.41) is 4.42. The van der Waals surface area contributed by atoms with Gasteiger partial charge in [0.15, 0.2) is 0 Å². The van der Waals surface area contributed by atoms with E-state index in [9.17, 15) is 0 Å². The molecule has 0 spiro atoms. The minimum absolute atomic E-state index is 0.185. The van der Waals surface area contributed by atoms with E-state index in [1.54, 1.807) is 0 Å². The van der Waals surface area contributed by atoms with E-state index >= 15 is 0 Å². The van der Waals surface area contributed by atoms with E-state index in [1.807, 2.05) is 41.2 Å². The van der Waals surface area contributed by atoms with Gasteiger partial charge in [-0.05, 0) is 18.6 Å². The largest absolute Gasteiger partial charge is 0.271 e. The molecule has 1 aromatic heterocycles. The van der Waals surface area contributed by atoms with Crippen LogP contribution < -0.4 is 11.3 Å². The average molecular weight is 272 g/mol. The molecule has 1 heterocycles. The monoisotopic (exact) mass is 272 g/mol. The van der Waals surface area contributed by atoms with Gasteiger partial charge in [-0.2, -0.15) is 5.10 Å². The SMILES string of the molecule is CCCCCCC(NN)c1cnn(-c2ccccc2)c1. The van der Waals surface area contributed by atoms with Gasteiger partial charge in [0.25, 0.3) is 0 Å². The van der Waals surface area contributed by atoms with Gasteiger partial charge in [-0.3, -0.25) is 11.3 Å². The van der Waals surface area contributed by atoms with Crippen LogP contribution in [0.3, 0.4) is 0 Å². The number of unbranched alkanes of at least 4 members (excludes halogenated alkanes) is 3. The van der Waals surface area contributed by atoms with Crippen molar-refractivity contribution in [2.45, 2.75) is 45.1 Å². The summed E-state index contributed by atoms with van der Waals surface area (Å²) in [6, 6.07) is 10.3. The minimum Gasteiger partial charge on any atom is -0.271 e. The smallest absolute Gasteiger partial charge is 0.0645 e. The highest BCUT2D eigenvalue weighted by Gasteiger charge is 2.12. The maximum absolute atomic E-state index is 5.68. The van der Waals surface area contributed by atoms with Crippen LogP contribution in [0.1, 0.15) is 50.6 Å². The Hall–Kier alpha value is -1.65. The van der Waals surface area contributed by atoms with Crippen molar-refractivity contribution in [3.63, 3.8) is 0 Å². The van der Waals surface area contributed by atoms with Gasteiger partial charge in [-0.15, -0.1) is 0 Å². The van der Waals surface area contributed by atoms with Crippen LogP contribution in [0.5, 0.6) is 0 Å². The maximum atomic E-state index is 5.68. The lowest BCUT2D eigenvalue weighted by Crippen LogP contribution is -2.27. The van der Waals surface area contributed by atoms with E-state index < -0.39 is 0 Å². The maximum Gasteiger partial charge on any atom is 0.0645 e. The summed E-state index contributed by atoms with van der Waals surface area (Å²) in [6.45, 7) is 2.22. The molecule has 0 saturated carbocycles. The Kier molecular flexibility index (Phi) is 5.77. The lowest BCUT2D eigenvalue weighted by Gasteiger charge is -2.13. The Morgan fingerprint density at radius 2 is 2.00 bits per heavy atom. The molecule has 1 aromatic carbocycles. The molecule has 0 fully saturated rings. The third-order valence-electron chi connectivity index (χ3n) is 3.57. The minimum atomic E-state index is 0.185. The normalized spacial score (nSPS) is 12.5. The first-order valence-electron chi connectivity index (χ1n) is 7.41. The van der Waals surface area contributed by atoms with Crippen molar-refractivity contribution in [2.75, 3.05) is 0 Å². The molecule has 1 unspecified atom stereocenters. The quantitative estimate of drug-likeness (QED) is 0.440. The molecular weight excluding hydrogens is 248 g/mol. The molecule has 108 valence electrons. The first-order valence-corrected chi connectivity index (χ1v) is 7.41. The Bertz CT molecular complexity index is 492. The first kappa shape index (κ1) is 14.8. The second kappa shape index (κ2) is 7.82. The van der Waals surface area contributed by atoms with Crippen LogP contribution in [0, 0.1) is 0 Å². The summed E-state index contributed by atoms with van der Waals surface area (Å²) in [7, 11) is 0. The molecule has 0 aliphatic rings. The van der Waals surface area contributed by atoms with Crippen molar-refractivity contribution in [1.29, 1.82) is 0 Å². The summed E-state index contributed by atoms with van der Waals surface area (Å²) in [5.74, 6) is 5.68. The van der Waals surface area contributed by atoms with Gasteiger partial charge in [0.05, 0.1) is 11.9 Å².